The highest BCUT2D eigenvalue weighted by molar-refractivity contribution is 5.90. The highest BCUT2D eigenvalue weighted by atomic mass is 16.2. The van der Waals surface area contributed by atoms with Gasteiger partial charge in [0.15, 0.2) is 0 Å². The van der Waals surface area contributed by atoms with Gasteiger partial charge in [-0.2, -0.15) is 0 Å². The van der Waals surface area contributed by atoms with Crippen LogP contribution in [0, 0.1) is 5.92 Å². The average Bonchev–Trinajstić information content (AvgIpc) is 3.38. The minimum Gasteiger partial charge on any atom is -0.338 e. The molecule has 2 aromatic rings. The summed E-state index contributed by atoms with van der Waals surface area (Å²) in [6.45, 7) is 1.24. The number of aromatic nitrogens is 3. The van der Waals surface area contributed by atoms with Crippen LogP contribution in [0.15, 0.2) is 30.9 Å². The third kappa shape index (κ3) is 2.72. The summed E-state index contributed by atoms with van der Waals surface area (Å²) in [5, 5.41) is 0. The summed E-state index contributed by atoms with van der Waals surface area (Å²) in [6, 6.07) is 4.16. The number of imidazole rings is 1. The van der Waals surface area contributed by atoms with Crippen molar-refractivity contribution >= 4 is 11.8 Å². The molecule has 2 atom stereocenters. The molecule has 3 aliphatic rings. The molecule has 7 heteroatoms. The Morgan fingerprint density at radius 1 is 1.30 bits per heavy atom. The van der Waals surface area contributed by atoms with Crippen LogP contribution < -0.4 is 0 Å². The number of carbonyl (C=O) groups excluding carboxylic acids is 2. The number of nitrogens with zero attached hydrogens (tertiary/aromatic N) is 5. The Morgan fingerprint density at radius 2 is 2.15 bits per heavy atom. The normalized spacial score (nSPS) is 25.0. The maximum Gasteiger partial charge on any atom is 0.229 e. The number of fused-ring (bicyclic) bond motifs is 1. The van der Waals surface area contributed by atoms with Gasteiger partial charge in [0, 0.05) is 50.6 Å². The maximum absolute atomic E-state index is 13.3. The molecule has 1 aliphatic carbocycles. The molecule has 7 nitrogen and oxygen atoms in total. The van der Waals surface area contributed by atoms with Crippen molar-refractivity contribution in [3.05, 3.63) is 47.8 Å². The summed E-state index contributed by atoms with van der Waals surface area (Å²) in [5.41, 5.74) is 3.21. The van der Waals surface area contributed by atoms with E-state index in [9.17, 15) is 9.59 Å². The van der Waals surface area contributed by atoms with Gasteiger partial charge in [0.05, 0.1) is 30.5 Å². The van der Waals surface area contributed by atoms with Crippen LogP contribution in [0.25, 0.3) is 0 Å². The van der Waals surface area contributed by atoms with Crippen molar-refractivity contribution in [3.63, 3.8) is 0 Å². The number of hydrogen-bond donors (Lipinski definition) is 0. The van der Waals surface area contributed by atoms with Gasteiger partial charge in [0.2, 0.25) is 11.8 Å². The van der Waals surface area contributed by atoms with Crippen molar-refractivity contribution in [2.24, 2.45) is 5.92 Å². The number of likely N-dealkylation sites (tertiary alicyclic amines) is 1. The first kappa shape index (κ1) is 16.5. The van der Waals surface area contributed by atoms with Crippen molar-refractivity contribution in [2.75, 3.05) is 13.6 Å². The van der Waals surface area contributed by atoms with Gasteiger partial charge in [-0.15, -0.1) is 0 Å². The summed E-state index contributed by atoms with van der Waals surface area (Å²) < 4.78 is 2.29. The molecule has 5 rings (SSSR count). The Hall–Kier alpha value is -2.70. The van der Waals surface area contributed by atoms with E-state index in [1.807, 2.05) is 23.4 Å². The van der Waals surface area contributed by atoms with Crippen LogP contribution in [0.5, 0.6) is 0 Å². The van der Waals surface area contributed by atoms with Crippen LogP contribution >= 0.6 is 0 Å². The van der Waals surface area contributed by atoms with Gasteiger partial charge in [-0.05, 0) is 24.5 Å². The van der Waals surface area contributed by atoms with E-state index < -0.39 is 0 Å². The first-order valence-electron chi connectivity index (χ1n) is 9.62. The van der Waals surface area contributed by atoms with Gasteiger partial charge in [0.1, 0.15) is 0 Å². The molecular formula is C20H23N5O2. The second-order valence-electron chi connectivity index (χ2n) is 7.83. The lowest BCUT2D eigenvalue weighted by Gasteiger charge is -2.32. The Morgan fingerprint density at radius 3 is 2.89 bits per heavy atom. The third-order valence-electron chi connectivity index (χ3n) is 6.12. The van der Waals surface area contributed by atoms with E-state index in [1.165, 1.54) is 18.5 Å². The van der Waals surface area contributed by atoms with E-state index >= 15 is 0 Å². The van der Waals surface area contributed by atoms with Gasteiger partial charge in [-0.25, -0.2) is 4.98 Å². The zero-order valence-electron chi connectivity index (χ0n) is 15.4. The van der Waals surface area contributed by atoms with Crippen molar-refractivity contribution in [1.29, 1.82) is 0 Å². The fourth-order valence-corrected chi connectivity index (χ4v) is 4.52. The van der Waals surface area contributed by atoms with Gasteiger partial charge < -0.3 is 14.4 Å². The molecule has 0 radical (unpaired) electrons. The first-order valence-corrected chi connectivity index (χ1v) is 9.62. The lowest BCUT2D eigenvalue weighted by molar-refractivity contribution is -0.137. The predicted octanol–water partition coefficient (Wildman–Crippen LogP) is 1.72. The zero-order chi connectivity index (χ0) is 18.5. The largest absolute Gasteiger partial charge is 0.338 e. The van der Waals surface area contributed by atoms with Crippen molar-refractivity contribution in [3.8, 4) is 0 Å². The molecule has 2 fully saturated rings. The summed E-state index contributed by atoms with van der Waals surface area (Å²) in [4.78, 5) is 38.0. The minimum absolute atomic E-state index is 0.0120. The molecule has 140 valence electrons. The molecule has 0 bridgehead atoms. The number of pyridine rings is 1. The zero-order valence-corrected chi connectivity index (χ0v) is 15.4. The number of amides is 2. The van der Waals surface area contributed by atoms with Gasteiger partial charge >= 0.3 is 0 Å². The maximum atomic E-state index is 13.3. The van der Waals surface area contributed by atoms with Crippen molar-refractivity contribution in [2.45, 2.75) is 44.3 Å². The van der Waals surface area contributed by atoms with Crippen molar-refractivity contribution < 1.29 is 9.59 Å². The molecule has 1 saturated heterocycles. The van der Waals surface area contributed by atoms with E-state index in [2.05, 4.69) is 14.5 Å². The summed E-state index contributed by atoms with van der Waals surface area (Å²) in [5.74, 6) is -0.301. The topological polar surface area (TPSA) is 71.3 Å². The predicted molar refractivity (Wildman–Crippen MR) is 97.5 cm³/mol. The molecule has 27 heavy (non-hydrogen) atoms. The lowest BCUT2D eigenvalue weighted by atomic mass is 9.92. The highest BCUT2D eigenvalue weighted by Gasteiger charge is 2.45. The summed E-state index contributed by atoms with van der Waals surface area (Å²) in [7, 11) is 1.78. The number of rotatable bonds is 3. The molecule has 2 amide bonds. The second-order valence-corrected chi connectivity index (χ2v) is 7.83. The van der Waals surface area contributed by atoms with Crippen LogP contribution in [0.2, 0.25) is 0 Å². The lowest BCUT2D eigenvalue weighted by Crippen LogP contribution is -2.41. The molecule has 2 aliphatic heterocycles. The minimum atomic E-state index is -0.362. The Labute approximate surface area is 158 Å². The third-order valence-corrected chi connectivity index (χ3v) is 6.12. The van der Waals surface area contributed by atoms with Crippen LogP contribution in [0.4, 0.5) is 0 Å². The fourth-order valence-electron chi connectivity index (χ4n) is 4.52. The van der Waals surface area contributed by atoms with E-state index in [4.69, 9.17) is 0 Å². The molecule has 4 heterocycles. The van der Waals surface area contributed by atoms with E-state index in [0.717, 1.165) is 17.7 Å². The standard InChI is InChI=1S/C20H23N5O2/c1-23-18(26)9-15(19(23)13-3-2-7-21-10-13)20(27)24-8-6-17-16(11-24)22-12-25(17)14-4-5-14/h2-3,7,10,12,14-15,19H,4-6,8-9,11H2,1H3/t15-,19-/m0/s1. The van der Waals surface area contributed by atoms with Gasteiger partial charge in [-0.1, -0.05) is 6.07 Å². The Kier molecular flexibility index (Phi) is 3.77. The Balaban J connectivity index is 1.39. The average molecular weight is 365 g/mol. The molecule has 1 saturated carbocycles. The summed E-state index contributed by atoms with van der Waals surface area (Å²) >= 11 is 0. The first-order chi connectivity index (χ1) is 13.1. The van der Waals surface area contributed by atoms with Gasteiger partial charge in [-0.3, -0.25) is 14.6 Å². The second kappa shape index (κ2) is 6.18. The quantitative estimate of drug-likeness (QED) is 0.830. The fraction of sp³-hybridized carbons (Fsp3) is 0.500. The van der Waals surface area contributed by atoms with Crippen LogP contribution in [0.1, 0.15) is 48.3 Å². The highest BCUT2D eigenvalue weighted by Crippen LogP contribution is 2.40. The molecule has 0 aromatic carbocycles. The molecule has 0 spiro atoms. The van der Waals surface area contributed by atoms with Gasteiger partial charge in [0.25, 0.3) is 0 Å². The number of hydrogen-bond acceptors (Lipinski definition) is 4. The molecule has 0 unspecified atom stereocenters. The summed E-state index contributed by atoms with van der Waals surface area (Å²) in [6.07, 6.45) is 8.96. The van der Waals surface area contributed by atoms with Crippen molar-refractivity contribution in [1.82, 2.24) is 24.3 Å². The SMILES string of the molecule is CN1C(=O)C[C@H](C(=O)N2CCc3c(ncn3C3CC3)C2)[C@@H]1c1cccnc1. The van der Waals surface area contributed by atoms with Crippen LogP contribution in [-0.2, 0) is 22.6 Å². The van der Waals surface area contributed by atoms with Crippen LogP contribution in [0.3, 0.4) is 0 Å². The molecule has 2 aromatic heterocycles. The smallest absolute Gasteiger partial charge is 0.229 e. The molecular weight excluding hydrogens is 342 g/mol. The number of carbonyl (C=O) groups is 2. The molecule has 0 N–H and O–H groups in total. The van der Waals surface area contributed by atoms with E-state index in [1.54, 1.807) is 24.3 Å². The van der Waals surface area contributed by atoms with E-state index in [-0.39, 0.29) is 30.2 Å². The Bertz CT molecular complexity index is 889. The van der Waals surface area contributed by atoms with Crippen LogP contribution in [-0.4, -0.2) is 49.7 Å². The van der Waals surface area contributed by atoms with E-state index in [0.29, 0.717) is 19.1 Å². The monoisotopic (exact) mass is 365 g/mol.